The van der Waals surface area contributed by atoms with Gasteiger partial charge in [0.15, 0.2) is 0 Å². The Morgan fingerprint density at radius 3 is 2.83 bits per heavy atom. The number of carbonyl (C=O) groups excluding carboxylic acids is 1. The van der Waals surface area contributed by atoms with Crippen LogP contribution in [0.4, 0.5) is 22.9 Å². The fraction of sp³-hybridized carbons (Fsp3) is 0.571. The van der Waals surface area contributed by atoms with Gasteiger partial charge >= 0.3 is 0 Å². The number of nitrogens with one attached hydrogen (secondary N) is 1. The van der Waals surface area contributed by atoms with E-state index in [4.69, 9.17) is 9.47 Å². The number of amides is 1. The number of ether oxygens (including phenoxy) is 2. The Labute approximate surface area is 208 Å². The van der Waals surface area contributed by atoms with E-state index in [0.29, 0.717) is 13.3 Å². The molecule has 7 nitrogen and oxygen atoms in total. The van der Waals surface area contributed by atoms with Crippen LogP contribution < -0.4 is 15.1 Å². The molecule has 1 aromatic carbocycles. The Hall–Kier alpha value is -2.64. The van der Waals surface area contributed by atoms with E-state index in [0.717, 1.165) is 73.5 Å². The average molecular weight is 479 g/mol. The first kappa shape index (κ1) is 24.1. The van der Waals surface area contributed by atoms with Crippen LogP contribution in [0.3, 0.4) is 0 Å². The highest BCUT2D eigenvalue weighted by Crippen LogP contribution is 2.40. The number of pyridine rings is 1. The summed E-state index contributed by atoms with van der Waals surface area (Å²) in [6, 6.07) is 10.3. The molecule has 1 saturated carbocycles. The van der Waals surface area contributed by atoms with E-state index in [1.165, 1.54) is 0 Å². The van der Waals surface area contributed by atoms with Gasteiger partial charge in [0.2, 0.25) is 5.91 Å². The predicted molar refractivity (Wildman–Crippen MR) is 139 cm³/mol. The van der Waals surface area contributed by atoms with Crippen molar-refractivity contribution in [1.29, 1.82) is 0 Å². The Morgan fingerprint density at radius 2 is 2.06 bits per heavy atom. The van der Waals surface area contributed by atoms with Gasteiger partial charge in [-0.3, -0.25) is 4.79 Å². The Bertz CT molecular complexity index is 1030. The minimum atomic E-state index is 0.0146. The number of hydrogen-bond donors (Lipinski definition) is 1. The van der Waals surface area contributed by atoms with Gasteiger partial charge in [-0.1, -0.05) is 19.4 Å². The molecule has 188 valence electrons. The van der Waals surface area contributed by atoms with Crippen LogP contribution in [0, 0.1) is 5.92 Å². The van der Waals surface area contributed by atoms with Crippen LogP contribution in [0.1, 0.15) is 64.9 Å². The first-order valence-electron chi connectivity index (χ1n) is 13.2. The number of fused-ring (bicyclic) bond motifs is 2. The Morgan fingerprint density at radius 1 is 1.23 bits per heavy atom. The molecule has 0 unspecified atom stereocenters. The van der Waals surface area contributed by atoms with E-state index in [2.05, 4.69) is 60.2 Å². The molecule has 1 aliphatic carbocycles. The lowest BCUT2D eigenvalue weighted by Crippen LogP contribution is -2.38. The zero-order chi connectivity index (χ0) is 24.4. The van der Waals surface area contributed by atoms with Crippen molar-refractivity contribution in [2.75, 3.05) is 28.4 Å². The summed E-state index contributed by atoms with van der Waals surface area (Å²) in [5.41, 5.74) is 3.96. The predicted octanol–water partition coefficient (Wildman–Crippen LogP) is 5.62. The number of hydrogen-bond acceptors (Lipinski definition) is 6. The molecular formula is C28H38N4O3. The van der Waals surface area contributed by atoms with Crippen LogP contribution in [-0.2, 0) is 20.8 Å². The van der Waals surface area contributed by atoms with Crippen molar-refractivity contribution >= 4 is 28.8 Å². The highest BCUT2D eigenvalue weighted by Gasteiger charge is 2.34. The summed E-state index contributed by atoms with van der Waals surface area (Å²) >= 11 is 0. The highest BCUT2D eigenvalue weighted by atomic mass is 16.5. The summed E-state index contributed by atoms with van der Waals surface area (Å²) in [6.07, 6.45) is 8.36. The van der Waals surface area contributed by atoms with Gasteiger partial charge in [-0.05, 0) is 70.2 Å². The number of aromatic nitrogens is 1. The Balaban J connectivity index is 1.41. The molecule has 1 amide bonds. The van der Waals surface area contributed by atoms with Crippen molar-refractivity contribution in [3.05, 3.63) is 42.1 Å². The maximum absolute atomic E-state index is 14.0. The second-order valence-electron chi connectivity index (χ2n) is 10.3. The molecule has 7 heteroatoms. The summed E-state index contributed by atoms with van der Waals surface area (Å²) in [5, 5.41) is 3.49. The number of carbonyl (C=O) groups is 1. The molecule has 3 heterocycles. The van der Waals surface area contributed by atoms with Crippen molar-refractivity contribution in [3.63, 3.8) is 0 Å². The molecule has 1 N–H and O–H groups in total. The van der Waals surface area contributed by atoms with Crippen LogP contribution >= 0.6 is 0 Å². The van der Waals surface area contributed by atoms with Crippen molar-refractivity contribution in [1.82, 2.24) is 4.98 Å². The largest absolute Gasteiger partial charge is 0.376 e. The van der Waals surface area contributed by atoms with Gasteiger partial charge in [0, 0.05) is 29.9 Å². The second kappa shape index (κ2) is 10.5. The van der Waals surface area contributed by atoms with Crippen LogP contribution in [0.2, 0.25) is 0 Å². The molecule has 2 aromatic rings. The quantitative estimate of drug-likeness (QED) is 0.581. The zero-order valence-electron chi connectivity index (χ0n) is 21.2. The normalized spacial score (nSPS) is 24.1. The third kappa shape index (κ3) is 5.31. The molecule has 2 aliphatic heterocycles. The molecule has 5 rings (SSSR count). The summed E-state index contributed by atoms with van der Waals surface area (Å²) < 4.78 is 12.0. The minimum Gasteiger partial charge on any atom is -0.376 e. The summed E-state index contributed by atoms with van der Waals surface area (Å²) in [4.78, 5) is 22.8. The number of anilines is 4. The highest BCUT2D eigenvalue weighted by molar-refractivity contribution is 6.00. The van der Waals surface area contributed by atoms with Crippen molar-refractivity contribution in [2.24, 2.45) is 5.92 Å². The molecule has 0 radical (unpaired) electrons. The van der Waals surface area contributed by atoms with Crippen LogP contribution in [0.5, 0.6) is 0 Å². The standard InChI is InChI=1S/C28H38N4O3/c1-4-6-24-17-31(18-34-24)22-10-13-25-26(15-22)32(16-21-7-5-14-29-27(21)30-25)28(33)20-8-11-23(12-9-20)35-19(2)3/h5,7,10,13-15,19-20,23-24H,4,6,8-9,11-12,16-18H2,1-3H3,(H,29,30)/t20?,23?,24-/m0/s1. The van der Waals surface area contributed by atoms with Gasteiger partial charge < -0.3 is 24.6 Å². The summed E-state index contributed by atoms with van der Waals surface area (Å²) in [5.74, 6) is 1.03. The first-order valence-corrected chi connectivity index (χ1v) is 13.2. The molecule has 1 aromatic heterocycles. The number of nitrogens with zero attached hydrogens (tertiary/aromatic N) is 3. The Kier molecular flexibility index (Phi) is 7.25. The minimum absolute atomic E-state index is 0.0146. The van der Waals surface area contributed by atoms with E-state index < -0.39 is 0 Å². The van der Waals surface area contributed by atoms with Gasteiger partial charge in [0.25, 0.3) is 0 Å². The molecule has 1 saturated heterocycles. The maximum atomic E-state index is 14.0. The summed E-state index contributed by atoms with van der Waals surface area (Å²) in [6.45, 7) is 8.34. The van der Waals surface area contributed by atoms with Gasteiger partial charge in [-0.15, -0.1) is 0 Å². The molecule has 3 aliphatic rings. The lowest BCUT2D eigenvalue weighted by molar-refractivity contribution is -0.124. The fourth-order valence-electron chi connectivity index (χ4n) is 5.58. The average Bonchev–Trinajstić information content (AvgIpc) is 3.25. The van der Waals surface area contributed by atoms with E-state index in [1.807, 2.05) is 11.0 Å². The second-order valence-corrected chi connectivity index (χ2v) is 10.3. The lowest BCUT2D eigenvalue weighted by atomic mass is 9.86. The third-order valence-corrected chi connectivity index (χ3v) is 7.36. The van der Waals surface area contributed by atoms with E-state index in [-0.39, 0.29) is 30.1 Å². The van der Waals surface area contributed by atoms with Crippen molar-refractivity contribution in [3.8, 4) is 0 Å². The molecule has 1 atom stereocenters. The van der Waals surface area contributed by atoms with Crippen LogP contribution in [0.15, 0.2) is 36.5 Å². The molecular weight excluding hydrogens is 440 g/mol. The molecule has 35 heavy (non-hydrogen) atoms. The van der Waals surface area contributed by atoms with E-state index >= 15 is 0 Å². The van der Waals surface area contributed by atoms with Crippen LogP contribution in [-0.4, -0.2) is 42.5 Å². The van der Waals surface area contributed by atoms with Gasteiger partial charge in [-0.2, -0.15) is 0 Å². The first-order chi connectivity index (χ1) is 17.0. The molecule has 0 spiro atoms. The summed E-state index contributed by atoms with van der Waals surface area (Å²) in [7, 11) is 0. The monoisotopic (exact) mass is 478 g/mol. The molecule has 2 fully saturated rings. The van der Waals surface area contributed by atoms with Gasteiger partial charge in [0.05, 0.1) is 36.2 Å². The van der Waals surface area contributed by atoms with E-state index in [9.17, 15) is 4.79 Å². The molecule has 0 bridgehead atoms. The smallest absolute Gasteiger partial charge is 0.230 e. The van der Waals surface area contributed by atoms with E-state index in [1.54, 1.807) is 6.20 Å². The third-order valence-electron chi connectivity index (χ3n) is 7.36. The number of rotatable bonds is 6. The van der Waals surface area contributed by atoms with Gasteiger partial charge in [0.1, 0.15) is 12.5 Å². The fourth-order valence-corrected chi connectivity index (χ4v) is 5.58. The van der Waals surface area contributed by atoms with Crippen molar-refractivity contribution < 1.29 is 14.3 Å². The lowest BCUT2D eigenvalue weighted by Gasteiger charge is -2.33. The number of benzene rings is 1. The SMILES string of the molecule is CCC[C@H]1CN(c2ccc3c(c2)N(C(=O)C2CCC(OC(C)C)CC2)Cc2cccnc2N3)CO1. The maximum Gasteiger partial charge on any atom is 0.230 e. The van der Waals surface area contributed by atoms with Crippen molar-refractivity contribution in [2.45, 2.75) is 84.2 Å². The zero-order valence-corrected chi connectivity index (χ0v) is 21.2. The van der Waals surface area contributed by atoms with Crippen LogP contribution in [0.25, 0.3) is 0 Å². The van der Waals surface area contributed by atoms with Gasteiger partial charge in [-0.25, -0.2) is 4.98 Å². The topological polar surface area (TPSA) is 66.9 Å².